The van der Waals surface area contributed by atoms with Crippen molar-refractivity contribution in [1.82, 2.24) is 0 Å². The molecule has 0 fully saturated rings. The van der Waals surface area contributed by atoms with E-state index in [0.717, 1.165) is 11.1 Å². The predicted octanol–water partition coefficient (Wildman–Crippen LogP) is 6.17. The molecule has 5 nitrogen and oxygen atoms in total. The lowest BCUT2D eigenvalue weighted by Gasteiger charge is -2.21. The van der Waals surface area contributed by atoms with Gasteiger partial charge in [0.05, 0.1) is 0 Å². The number of rotatable bonds is 9. The van der Waals surface area contributed by atoms with Crippen molar-refractivity contribution in [2.45, 2.75) is 43.5 Å². The molecule has 1 unspecified atom stereocenters. The van der Waals surface area contributed by atoms with Gasteiger partial charge < -0.3 is 14.2 Å². The van der Waals surface area contributed by atoms with Gasteiger partial charge in [-0.25, -0.2) is 0 Å². The van der Waals surface area contributed by atoms with Crippen LogP contribution in [0.4, 0.5) is 0 Å². The number of alkyl halides is 1. The third kappa shape index (κ3) is 7.60. The van der Waals surface area contributed by atoms with Gasteiger partial charge in [0.25, 0.3) is 0 Å². The fourth-order valence-corrected chi connectivity index (χ4v) is 3.46. The molecule has 0 aliphatic rings. The average Bonchev–Trinajstić information content (AvgIpc) is 2.81. The summed E-state index contributed by atoms with van der Waals surface area (Å²) in [5, 5.41) is 0. The van der Waals surface area contributed by atoms with E-state index in [4.69, 9.17) is 14.2 Å². The Bertz CT molecular complexity index is 1070. The molecule has 3 rings (SSSR count). The van der Waals surface area contributed by atoms with E-state index in [9.17, 15) is 9.59 Å². The number of hydrogen-bond acceptors (Lipinski definition) is 5. The van der Waals surface area contributed by atoms with Crippen LogP contribution in [0, 0.1) is 0 Å². The van der Waals surface area contributed by atoms with Crippen molar-refractivity contribution >= 4 is 34.3 Å². The van der Waals surface area contributed by atoms with Crippen LogP contribution in [0.5, 0.6) is 11.5 Å². The lowest BCUT2D eigenvalue weighted by Crippen LogP contribution is -2.33. The van der Waals surface area contributed by atoms with E-state index in [1.165, 1.54) is 0 Å². The largest absolute Gasteiger partial charge is 0.485 e. The quantitative estimate of drug-likeness (QED) is 0.103. The van der Waals surface area contributed by atoms with Crippen LogP contribution in [0.15, 0.2) is 78.9 Å². The van der Waals surface area contributed by atoms with Gasteiger partial charge in [-0.2, -0.15) is 0 Å². The Hall–Kier alpha value is -2.87. The third-order valence-corrected chi connectivity index (χ3v) is 5.62. The Morgan fingerprint density at radius 2 is 1.30 bits per heavy atom. The number of carbonyl (C=O) groups excluding carboxylic acids is 2. The Balaban J connectivity index is 1.81. The summed E-state index contributed by atoms with van der Waals surface area (Å²) in [4.78, 5) is 25.4. The fraction of sp³-hybridized carbons (Fsp3) is 0.259. The lowest BCUT2D eigenvalue weighted by molar-refractivity contribution is -0.152. The Morgan fingerprint density at radius 1 is 0.788 bits per heavy atom. The number of ether oxygens (including phenoxy) is 3. The molecule has 0 aliphatic heterocycles. The highest BCUT2D eigenvalue weighted by Crippen LogP contribution is 2.31. The minimum atomic E-state index is -0.958. The second kappa shape index (κ2) is 11.3. The number of ketones is 1. The van der Waals surface area contributed by atoms with Gasteiger partial charge in [0.1, 0.15) is 18.8 Å². The van der Waals surface area contributed by atoms with E-state index in [0.29, 0.717) is 30.3 Å². The number of esters is 1. The Morgan fingerprint density at radius 3 is 1.82 bits per heavy atom. The van der Waals surface area contributed by atoms with Crippen LogP contribution in [0.25, 0.3) is 0 Å². The van der Waals surface area contributed by atoms with E-state index in [1.807, 2.05) is 83.3 Å². The Labute approximate surface area is 208 Å². The smallest absolute Gasteiger partial charge is 0.327 e. The van der Waals surface area contributed by atoms with Crippen LogP contribution in [0.3, 0.4) is 0 Å². The van der Waals surface area contributed by atoms with E-state index < -0.39 is 15.5 Å². The highest BCUT2D eigenvalue weighted by atomic mass is 127. The molecule has 0 saturated heterocycles. The van der Waals surface area contributed by atoms with Crippen LogP contribution < -0.4 is 9.47 Å². The van der Waals surface area contributed by atoms with Crippen molar-refractivity contribution in [3.8, 4) is 11.5 Å². The van der Waals surface area contributed by atoms with Crippen molar-refractivity contribution in [2.75, 3.05) is 0 Å². The molecule has 3 aromatic carbocycles. The molecule has 0 bridgehead atoms. The summed E-state index contributed by atoms with van der Waals surface area (Å²) in [6.07, 6.45) is 0. The summed E-state index contributed by atoms with van der Waals surface area (Å²) < 4.78 is 16.4. The van der Waals surface area contributed by atoms with Gasteiger partial charge in [0.2, 0.25) is 0 Å². The standard InChI is InChI=1S/C27H27IO5/c1-27(2,3)33-26(30)24(28)25(29)21-14-15-22(31-17-19-10-6-4-7-11-19)23(16-21)32-18-20-12-8-5-9-13-20/h4-16,24H,17-18H2,1-3H3. The number of Topliss-reactive ketones (excluding diaryl/α,β-unsaturated/α-hetero) is 1. The predicted molar refractivity (Wildman–Crippen MR) is 136 cm³/mol. The van der Waals surface area contributed by atoms with Gasteiger partial charge >= 0.3 is 5.97 Å². The van der Waals surface area contributed by atoms with Crippen molar-refractivity contribution in [3.05, 3.63) is 95.6 Å². The van der Waals surface area contributed by atoms with Gasteiger partial charge in [-0.15, -0.1) is 0 Å². The topological polar surface area (TPSA) is 61.8 Å². The van der Waals surface area contributed by atoms with Crippen LogP contribution in [0.1, 0.15) is 42.3 Å². The second-order valence-electron chi connectivity index (χ2n) is 8.47. The molecule has 0 aromatic heterocycles. The van der Waals surface area contributed by atoms with Gasteiger partial charge in [0, 0.05) is 5.56 Å². The van der Waals surface area contributed by atoms with Gasteiger partial charge in [0.15, 0.2) is 21.2 Å². The highest BCUT2D eigenvalue weighted by molar-refractivity contribution is 14.1. The van der Waals surface area contributed by atoms with Crippen molar-refractivity contribution in [2.24, 2.45) is 0 Å². The normalized spacial score (nSPS) is 12.0. The van der Waals surface area contributed by atoms with Crippen molar-refractivity contribution < 1.29 is 23.8 Å². The minimum Gasteiger partial charge on any atom is -0.485 e. The zero-order valence-corrected chi connectivity index (χ0v) is 21.1. The first-order chi connectivity index (χ1) is 15.7. The number of benzene rings is 3. The summed E-state index contributed by atoms with van der Waals surface area (Å²) in [6, 6.07) is 24.5. The van der Waals surface area contributed by atoms with Crippen LogP contribution >= 0.6 is 22.6 Å². The molecular formula is C27H27IO5. The lowest BCUT2D eigenvalue weighted by atomic mass is 10.1. The van der Waals surface area contributed by atoms with Gasteiger partial charge in [-0.3, -0.25) is 9.59 Å². The molecule has 0 spiro atoms. The first kappa shape index (κ1) is 24.8. The first-order valence-corrected chi connectivity index (χ1v) is 11.9. The molecule has 172 valence electrons. The van der Waals surface area contributed by atoms with E-state index in [2.05, 4.69) is 0 Å². The van der Waals surface area contributed by atoms with Gasteiger partial charge in [-0.1, -0.05) is 83.3 Å². The van der Waals surface area contributed by atoms with Gasteiger partial charge in [-0.05, 0) is 50.1 Å². The molecule has 6 heteroatoms. The third-order valence-electron chi connectivity index (χ3n) is 4.55. The SMILES string of the molecule is CC(C)(C)OC(=O)C(I)C(=O)c1ccc(OCc2ccccc2)c(OCc2ccccc2)c1. The molecule has 0 heterocycles. The molecule has 0 saturated carbocycles. The molecule has 0 aliphatic carbocycles. The summed E-state index contributed by atoms with van der Waals surface area (Å²) in [5.41, 5.74) is 1.70. The monoisotopic (exact) mass is 558 g/mol. The second-order valence-corrected chi connectivity index (χ2v) is 9.72. The maximum absolute atomic E-state index is 13.0. The molecule has 1 atom stereocenters. The van der Waals surface area contributed by atoms with E-state index >= 15 is 0 Å². The van der Waals surface area contributed by atoms with E-state index in [1.54, 1.807) is 39.0 Å². The van der Waals surface area contributed by atoms with Crippen LogP contribution in [0.2, 0.25) is 0 Å². The molecule has 0 amide bonds. The number of halogens is 1. The summed E-state index contributed by atoms with van der Waals surface area (Å²) in [6.45, 7) is 6.00. The zero-order chi connectivity index (χ0) is 23.8. The molecular weight excluding hydrogens is 531 g/mol. The van der Waals surface area contributed by atoms with Crippen LogP contribution in [-0.2, 0) is 22.7 Å². The summed E-state index contributed by atoms with van der Waals surface area (Å²) in [5.74, 6) is 0.0512. The molecule has 33 heavy (non-hydrogen) atoms. The molecule has 3 aromatic rings. The molecule has 0 radical (unpaired) electrons. The molecule has 0 N–H and O–H groups in total. The summed E-state index contributed by atoms with van der Waals surface area (Å²) >= 11 is 1.82. The van der Waals surface area contributed by atoms with E-state index in [-0.39, 0.29) is 5.78 Å². The number of hydrogen-bond donors (Lipinski definition) is 0. The summed E-state index contributed by atoms with van der Waals surface area (Å²) in [7, 11) is 0. The Kier molecular flexibility index (Phi) is 8.49. The maximum Gasteiger partial charge on any atom is 0.327 e. The zero-order valence-electron chi connectivity index (χ0n) is 18.9. The first-order valence-electron chi connectivity index (χ1n) is 10.6. The van der Waals surface area contributed by atoms with Crippen molar-refractivity contribution in [3.63, 3.8) is 0 Å². The van der Waals surface area contributed by atoms with Crippen LogP contribution in [-0.4, -0.2) is 21.3 Å². The number of carbonyl (C=O) groups is 2. The maximum atomic E-state index is 13.0. The average molecular weight is 558 g/mol. The van der Waals surface area contributed by atoms with Crippen molar-refractivity contribution in [1.29, 1.82) is 0 Å². The highest BCUT2D eigenvalue weighted by Gasteiger charge is 2.30. The fourth-order valence-electron chi connectivity index (χ4n) is 2.97. The minimum absolute atomic E-state index is 0.319.